The summed E-state index contributed by atoms with van der Waals surface area (Å²) < 4.78 is 1.81. The third-order valence-electron chi connectivity index (χ3n) is 1.25. The Morgan fingerprint density at radius 1 is 1.50 bits per heavy atom. The zero-order chi connectivity index (χ0) is 6.81. The van der Waals surface area contributed by atoms with Crippen molar-refractivity contribution in [2.24, 2.45) is 0 Å². The minimum Gasteiger partial charge on any atom is -0.282 e. The Balaban J connectivity index is 2.68. The molecular weight excluding hydrogens is 126 g/mol. The van der Waals surface area contributed by atoms with Crippen molar-refractivity contribution in [3.63, 3.8) is 0 Å². The first-order valence-corrected chi connectivity index (χ1v) is 2.95. The van der Waals surface area contributed by atoms with E-state index in [1.807, 2.05) is 18.2 Å². The quantitative estimate of drug-likeness (QED) is 0.490. The van der Waals surface area contributed by atoms with Crippen molar-refractivity contribution in [1.29, 1.82) is 0 Å². The molecule has 2 rings (SSSR count). The number of fused-ring (bicyclic) bond motifs is 1. The minimum atomic E-state index is 0.834. The fourth-order valence-corrected chi connectivity index (χ4v) is 0.783. The lowest BCUT2D eigenvalue weighted by Gasteiger charge is -1.87. The topological polar surface area (TPSA) is 30.7 Å². The standard InChI is InChI=1S/C7H5N3/c1-2-4-7-9-8-6-10(7)5-3-1/h1-2,4-6H. The van der Waals surface area contributed by atoms with E-state index >= 15 is 0 Å². The van der Waals surface area contributed by atoms with Gasteiger partial charge in [-0.2, -0.15) is 0 Å². The van der Waals surface area contributed by atoms with Gasteiger partial charge in [0.1, 0.15) is 6.33 Å². The summed E-state index contributed by atoms with van der Waals surface area (Å²) in [6, 6.07) is 0. The largest absolute Gasteiger partial charge is 0.282 e. The second-order valence-electron chi connectivity index (χ2n) is 1.92. The van der Waals surface area contributed by atoms with Gasteiger partial charge in [0.05, 0.1) is 6.20 Å². The Labute approximate surface area is 58.0 Å². The maximum atomic E-state index is 3.85. The maximum absolute atomic E-state index is 3.85. The zero-order valence-electron chi connectivity index (χ0n) is 5.23. The molecule has 1 aromatic heterocycles. The monoisotopic (exact) mass is 131 g/mol. The number of nitrogens with zero attached hydrogens (tertiary/aromatic N) is 3. The number of hydrogen-bond donors (Lipinski definition) is 0. The van der Waals surface area contributed by atoms with Crippen molar-refractivity contribution >= 4 is 12.3 Å². The Hall–Kier alpha value is -1.60. The summed E-state index contributed by atoms with van der Waals surface area (Å²) in [5.74, 6) is 0.834. The van der Waals surface area contributed by atoms with E-state index < -0.39 is 0 Å². The minimum absolute atomic E-state index is 0.834. The van der Waals surface area contributed by atoms with E-state index in [0.717, 1.165) is 5.82 Å². The lowest BCUT2D eigenvalue weighted by Crippen LogP contribution is -1.85. The molecule has 1 aromatic rings. The van der Waals surface area contributed by atoms with Gasteiger partial charge in [-0.15, -0.1) is 15.9 Å². The Morgan fingerprint density at radius 3 is 3.50 bits per heavy atom. The van der Waals surface area contributed by atoms with Crippen LogP contribution in [0.1, 0.15) is 5.82 Å². The highest BCUT2D eigenvalue weighted by Crippen LogP contribution is 2.00. The molecule has 0 N–H and O–H groups in total. The van der Waals surface area contributed by atoms with Gasteiger partial charge in [0.15, 0.2) is 5.82 Å². The van der Waals surface area contributed by atoms with E-state index in [-0.39, 0.29) is 0 Å². The van der Waals surface area contributed by atoms with E-state index in [1.54, 1.807) is 17.1 Å². The summed E-state index contributed by atoms with van der Waals surface area (Å²) in [4.78, 5) is 0. The first-order valence-electron chi connectivity index (χ1n) is 2.95. The predicted molar refractivity (Wildman–Crippen MR) is 37.9 cm³/mol. The molecule has 0 aromatic carbocycles. The van der Waals surface area contributed by atoms with Crippen LogP contribution in [0.3, 0.4) is 0 Å². The molecule has 48 valence electrons. The van der Waals surface area contributed by atoms with Gasteiger partial charge < -0.3 is 0 Å². The average Bonchev–Trinajstić information content (AvgIpc) is 2.28. The molecule has 0 amide bonds. The normalized spacial score (nSPS) is 13.2. The highest BCUT2D eigenvalue weighted by Gasteiger charge is 1.95. The second-order valence-corrected chi connectivity index (χ2v) is 1.92. The van der Waals surface area contributed by atoms with Crippen LogP contribution >= 0.6 is 0 Å². The molecule has 10 heavy (non-hydrogen) atoms. The molecule has 3 heteroatoms. The molecular formula is C7H5N3. The van der Waals surface area contributed by atoms with E-state index in [0.29, 0.717) is 0 Å². The number of rotatable bonds is 0. The van der Waals surface area contributed by atoms with Gasteiger partial charge in [-0.1, -0.05) is 6.08 Å². The van der Waals surface area contributed by atoms with Gasteiger partial charge in [0, 0.05) is 0 Å². The van der Waals surface area contributed by atoms with Crippen LogP contribution in [0, 0.1) is 0 Å². The lowest BCUT2D eigenvalue weighted by atomic mass is 10.5. The van der Waals surface area contributed by atoms with Crippen molar-refractivity contribution in [2.75, 3.05) is 0 Å². The summed E-state index contributed by atoms with van der Waals surface area (Å²) in [6.07, 6.45) is 9.02. The molecule has 3 nitrogen and oxygen atoms in total. The average molecular weight is 131 g/mol. The Kier molecular flexibility index (Phi) is 1.03. The molecule has 0 radical (unpaired) electrons. The second kappa shape index (κ2) is 1.97. The van der Waals surface area contributed by atoms with Gasteiger partial charge in [-0.25, -0.2) is 0 Å². The number of allylic oxidation sites excluding steroid dienone is 2. The van der Waals surface area contributed by atoms with Gasteiger partial charge in [0.25, 0.3) is 0 Å². The maximum Gasteiger partial charge on any atom is 0.161 e. The Morgan fingerprint density at radius 2 is 2.50 bits per heavy atom. The first kappa shape index (κ1) is 5.21. The number of aromatic nitrogens is 3. The van der Waals surface area contributed by atoms with Crippen molar-refractivity contribution < 1.29 is 0 Å². The van der Waals surface area contributed by atoms with Crippen molar-refractivity contribution in [2.45, 2.75) is 0 Å². The third kappa shape index (κ3) is 0.694. The molecule has 1 aliphatic heterocycles. The van der Waals surface area contributed by atoms with E-state index in [9.17, 15) is 0 Å². The molecule has 0 saturated carbocycles. The molecule has 0 bridgehead atoms. The molecule has 0 unspecified atom stereocenters. The highest BCUT2D eigenvalue weighted by atomic mass is 15.2. The molecule has 0 atom stereocenters. The molecule has 1 aliphatic rings. The lowest BCUT2D eigenvalue weighted by molar-refractivity contribution is 1.08. The summed E-state index contributed by atoms with van der Waals surface area (Å²) in [5.41, 5.74) is 2.94. The van der Waals surface area contributed by atoms with Crippen LogP contribution in [0.15, 0.2) is 24.2 Å². The fraction of sp³-hybridized carbons (Fsp3) is 0. The number of hydrogen-bond acceptors (Lipinski definition) is 2. The third-order valence-corrected chi connectivity index (χ3v) is 1.25. The van der Waals surface area contributed by atoms with Gasteiger partial charge >= 0.3 is 0 Å². The van der Waals surface area contributed by atoms with Gasteiger partial charge in [-0.05, 0) is 12.2 Å². The summed E-state index contributed by atoms with van der Waals surface area (Å²) >= 11 is 0. The molecule has 2 heterocycles. The van der Waals surface area contributed by atoms with Gasteiger partial charge in [0.2, 0.25) is 0 Å². The van der Waals surface area contributed by atoms with Crippen LogP contribution in [0.2, 0.25) is 0 Å². The van der Waals surface area contributed by atoms with Crippen molar-refractivity contribution in [3.8, 4) is 0 Å². The Bertz CT molecular complexity index is 326. The summed E-state index contributed by atoms with van der Waals surface area (Å²) in [5, 5.41) is 7.57. The van der Waals surface area contributed by atoms with Crippen LogP contribution < -0.4 is 0 Å². The predicted octanol–water partition coefficient (Wildman–Crippen LogP) is 0.931. The summed E-state index contributed by atoms with van der Waals surface area (Å²) in [7, 11) is 0. The first-order chi connectivity index (χ1) is 4.97. The molecule has 0 saturated heterocycles. The molecule has 0 spiro atoms. The van der Waals surface area contributed by atoms with E-state index in [2.05, 4.69) is 15.9 Å². The molecule has 0 aliphatic carbocycles. The van der Waals surface area contributed by atoms with Crippen LogP contribution in [-0.4, -0.2) is 14.8 Å². The summed E-state index contributed by atoms with van der Waals surface area (Å²) in [6.45, 7) is 0. The smallest absolute Gasteiger partial charge is 0.161 e. The highest BCUT2D eigenvalue weighted by molar-refractivity contribution is 5.48. The van der Waals surface area contributed by atoms with E-state index in [4.69, 9.17) is 0 Å². The fourth-order valence-electron chi connectivity index (χ4n) is 0.783. The van der Waals surface area contributed by atoms with E-state index in [1.165, 1.54) is 0 Å². The van der Waals surface area contributed by atoms with Crippen molar-refractivity contribution in [3.05, 3.63) is 30.0 Å². The van der Waals surface area contributed by atoms with Crippen LogP contribution in [0.5, 0.6) is 0 Å². The van der Waals surface area contributed by atoms with Crippen LogP contribution in [-0.2, 0) is 0 Å². The van der Waals surface area contributed by atoms with Crippen LogP contribution in [0.25, 0.3) is 12.3 Å². The zero-order valence-corrected chi connectivity index (χ0v) is 5.23. The van der Waals surface area contributed by atoms with Crippen molar-refractivity contribution in [1.82, 2.24) is 14.8 Å². The van der Waals surface area contributed by atoms with Crippen LogP contribution in [0.4, 0.5) is 0 Å². The SMILES string of the molecule is C1=CC=Cc2nncn2C=1. The molecule has 0 fully saturated rings. The van der Waals surface area contributed by atoms with Gasteiger partial charge in [-0.3, -0.25) is 4.57 Å².